The van der Waals surface area contributed by atoms with E-state index in [1.54, 1.807) is 25.5 Å². The molecular weight excluding hydrogens is 370 g/mol. The van der Waals surface area contributed by atoms with Gasteiger partial charge in [0.25, 0.3) is 0 Å². The third kappa shape index (κ3) is 3.71. The number of carbonyl (C=O) groups is 2. The van der Waals surface area contributed by atoms with Crippen LogP contribution in [-0.2, 0) is 16.0 Å². The Hall–Kier alpha value is -2.74. The van der Waals surface area contributed by atoms with E-state index in [9.17, 15) is 19.5 Å². The SMILES string of the molecule is CSC[C@H](NC(=O)Cc1c(C)c2cc3c(C)coc3cc2oc1=O)C(=O)[O-]. The molecule has 0 radical (unpaired) electrons. The van der Waals surface area contributed by atoms with E-state index in [2.05, 4.69) is 5.32 Å². The molecule has 27 heavy (non-hydrogen) atoms. The number of nitrogens with one attached hydrogen (secondary N) is 1. The van der Waals surface area contributed by atoms with Crippen LogP contribution in [0.25, 0.3) is 21.9 Å². The average Bonchev–Trinajstić information content (AvgIpc) is 2.97. The molecule has 0 aliphatic carbocycles. The second kappa shape index (κ2) is 7.48. The molecule has 1 amide bonds. The van der Waals surface area contributed by atoms with Gasteiger partial charge in [0.05, 0.1) is 30.3 Å². The molecule has 8 heteroatoms. The van der Waals surface area contributed by atoms with E-state index in [1.807, 2.05) is 13.0 Å². The highest BCUT2D eigenvalue weighted by molar-refractivity contribution is 7.98. The molecule has 1 aromatic carbocycles. The number of aliphatic carboxylic acids is 1. The van der Waals surface area contributed by atoms with Gasteiger partial charge in [0.2, 0.25) is 5.91 Å². The van der Waals surface area contributed by atoms with E-state index >= 15 is 0 Å². The predicted molar refractivity (Wildman–Crippen MR) is 101 cm³/mol. The topological polar surface area (TPSA) is 113 Å². The lowest BCUT2D eigenvalue weighted by Crippen LogP contribution is -2.50. The molecule has 0 spiro atoms. The Labute approximate surface area is 158 Å². The molecule has 0 bridgehead atoms. The summed E-state index contributed by atoms with van der Waals surface area (Å²) in [5.41, 5.74) is 2.12. The summed E-state index contributed by atoms with van der Waals surface area (Å²) in [7, 11) is 0. The summed E-state index contributed by atoms with van der Waals surface area (Å²) in [6, 6.07) is 2.40. The standard InChI is InChI=1S/C19H19NO6S/c1-9-7-25-15-6-16-12(4-11(9)15)10(2)13(19(24)26-16)5-17(21)20-14(8-27-3)18(22)23/h4,6-7,14H,5,8H2,1-3H3,(H,20,21)(H,22,23)/p-1/t14-/m0/s1. The molecule has 3 rings (SSSR count). The first kappa shape index (κ1) is 19.0. The smallest absolute Gasteiger partial charge is 0.340 e. The molecule has 7 nitrogen and oxygen atoms in total. The van der Waals surface area contributed by atoms with Gasteiger partial charge in [-0.15, -0.1) is 0 Å². The number of rotatable bonds is 6. The van der Waals surface area contributed by atoms with Crippen molar-refractivity contribution in [2.75, 3.05) is 12.0 Å². The quantitative estimate of drug-likeness (QED) is 0.633. The normalized spacial score (nSPS) is 12.4. The molecule has 0 fully saturated rings. The lowest BCUT2D eigenvalue weighted by Gasteiger charge is -2.18. The van der Waals surface area contributed by atoms with Crippen LogP contribution in [0.15, 0.2) is 32.0 Å². The maximum atomic E-state index is 12.4. The second-order valence-electron chi connectivity index (χ2n) is 6.33. The minimum Gasteiger partial charge on any atom is -0.548 e. The minimum atomic E-state index is -1.36. The molecule has 0 unspecified atom stereocenters. The number of amides is 1. The number of carboxylic acid groups (broad SMARTS) is 1. The molecule has 2 heterocycles. The van der Waals surface area contributed by atoms with Gasteiger partial charge >= 0.3 is 5.63 Å². The average molecular weight is 388 g/mol. The van der Waals surface area contributed by atoms with Crippen LogP contribution in [0, 0.1) is 13.8 Å². The summed E-state index contributed by atoms with van der Waals surface area (Å²) < 4.78 is 10.8. The second-order valence-corrected chi connectivity index (χ2v) is 7.24. The monoisotopic (exact) mass is 388 g/mol. The number of hydrogen-bond acceptors (Lipinski definition) is 7. The number of benzene rings is 1. The number of thioether (sulfide) groups is 1. The third-order valence-electron chi connectivity index (χ3n) is 4.47. The van der Waals surface area contributed by atoms with Gasteiger partial charge in [0.15, 0.2) is 0 Å². The van der Waals surface area contributed by atoms with Gasteiger partial charge in [-0.3, -0.25) is 4.79 Å². The number of hydrogen-bond donors (Lipinski definition) is 1. The number of carboxylic acids is 1. The van der Waals surface area contributed by atoms with Crippen LogP contribution >= 0.6 is 11.8 Å². The van der Waals surface area contributed by atoms with Gasteiger partial charge < -0.3 is 24.1 Å². The molecule has 1 atom stereocenters. The first-order chi connectivity index (χ1) is 12.8. The molecular formula is C19H18NO6S-. The van der Waals surface area contributed by atoms with Crippen molar-refractivity contribution < 1.29 is 23.5 Å². The van der Waals surface area contributed by atoms with Crippen LogP contribution < -0.4 is 16.0 Å². The van der Waals surface area contributed by atoms with Crippen molar-refractivity contribution in [2.24, 2.45) is 0 Å². The van der Waals surface area contributed by atoms with Crippen molar-refractivity contribution in [1.29, 1.82) is 0 Å². The molecule has 3 aromatic rings. The fraction of sp³-hybridized carbons (Fsp3) is 0.316. The summed E-state index contributed by atoms with van der Waals surface area (Å²) in [6.45, 7) is 3.65. The highest BCUT2D eigenvalue weighted by Crippen LogP contribution is 2.28. The van der Waals surface area contributed by atoms with E-state index in [-0.39, 0.29) is 17.7 Å². The van der Waals surface area contributed by atoms with Crippen LogP contribution in [0.2, 0.25) is 0 Å². The first-order valence-corrected chi connectivity index (χ1v) is 9.64. The van der Waals surface area contributed by atoms with Crippen LogP contribution in [0.4, 0.5) is 0 Å². The molecule has 2 aromatic heterocycles. The van der Waals surface area contributed by atoms with E-state index in [1.165, 1.54) is 11.8 Å². The van der Waals surface area contributed by atoms with Gasteiger partial charge in [-0.05, 0) is 37.3 Å². The zero-order chi connectivity index (χ0) is 19.7. The Bertz CT molecular complexity index is 1100. The Balaban J connectivity index is 1.97. The summed E-state index contributed by atoms with van der Waals surface area (Å²) in [5.74, 6) is -1.76. The summed E-state index contributed by atoms with van der Waals surface area (Å²) in [6.07, 6.45) is 3.07. The fourth-order valence-corrected chi connectivity index (χ4v) is 3.54. The summed E-state index contributed by atoms with van der Waals surface area (Å²) in [4.78, 5) is 35.7. The van der Waals surface area contributed by atoms with Crippen LogP contribution in [-0.4, -0.2) is 29.9 Å². The summed E-state index contributed by atoms with van der Waals surface area (Å²) in [5, 5.41) is 15.1. The molecule has 0 aliphatic heterocycles. The van der Waals surface area contributed by atoms with Crippen LogP contribution in [0.1, 0.15) is 16.7 Å². The lowest BCUT2D eigenvalue weighted by molar-refractivity contribution is -0.307. The first-order valence-electron chi connectivity index (χ1n) is 8.25. The van der Waals surface area contributed by atoms with E-state index in [0.29, 0.717) is 22.1 Å². The largest absolute Gasteiger partial charge is 0.548 e. The maximum Gasteiger partial charge on any atom is 0.340 e. The van der Waals surface area contributed by atoms with Crippen LogP contribution in [0.3, 0.4) is 0 Å². The van der Waals surface area contributed by atoms with Gasteiger partial charge in [-0.25, -0.2) is 4.79 Å². The maximum absolute atomic E-state index is 12.4. The highest BCUT2D eigenvalue weighted by Gasteiger charge is 2.19. The van der Waals surface area contributed by atoms with Crippen molar-refractivity contribution in [3.05, 3.63) is 45.5 Å². The number of furan rings is 1. The van der Waals surface area contributed by atoms with Crippen molar-refractivity contribution in [2.45, 2.75) is 26.3 Å². The fourth-order valence-electron chi connectivity index (χ4n) is 2.98. The van der Waals surface area contributed by atoms with Gasteiger partial charge in [-0.1, -0.05) is 0 Å². The zero-order valence-corrected chi connectivity index (χ0v) is 15.9. The predicted octanol–water partition coefficient (Wildman–Crippen LogP) is 1.30. The summed E-state index contributed by atoms with van der Waals surface area (Å²) >= 11 is 1.27. The molecule has 0 aliphatic rings. The van der Waals surface area contributed by atoms with Crippen molar-refractivity contribution in [1.82, 2.24) is 5.32 Å². The number of carbonyl (C=O) groups excluding carboxylic acids is 2. The molecule has 1 N–H and O–H groups in total. The Morgan fingerprint density at radius 2 is 1.96 bits per heavy atom. The van der Waals surface area contributed by atoms with E-state index < -0.39 is 23.5 Å². The number of aryl methyl sites for hydroxylation is 2. The van der Waals surface area contributed by atoms with E-state index in [4.69, 9.17) is 8.83 Å². The zero-order valence-electron chi connectivity index (χ0n) is 15.1. The van der Waals surface area contributed by atoms with E-state index in [0.717, 1.165) is 10.9 Å². The minimum absolute atomic E-state index is 0.178. The van der Waals surface area contributed by atoms with Crippen molar-refractivity contribution in [3.63, 3.8) is 0 Å². The van der Waals surface area contributed by atoms with Crippen molar-refractivity contribution in [3.8, 4) is 0 Å². The van der Waals surface area contributed by atoms with Gasteiger partial charge in [-0.2, -0.15) is 11.8 Å². The Kier molecular flexibility index (Phi) is 5.27. The third-order valence-corrected chi connectivity index (χ3v) is 5.13. The Morgan fingerprint density at radius 3 is 2.63 bits per heavy atom. The number of fused-ring (bicyclic) bond motifs is 2. The molecule has 142 valence electrons. The highest BCUT2D eigenvalue weighted by atomic mass is 32.2. The lowest BCUT2D eigenvalue weighted by atomic mass is 10.0. The van der Waals surface area contributed by atoms with Crippen molar-refractivity contribution >= 4 is 45.6 Å². The Morgan fingerprint density at radius 1 is 1.22 bits per heavy atom. The molecule has 0 saturated heterocycles. The van der Waals surface area contributed by atoms with Gasteiger partial charge in [0, 0.05) is 22.6 Å². The molecule has 0 saturated carbocycles. The van der Waals surface area contributed by atoms with Gasteiger partial charge in [0.1, 0.15) is 11.2 Å². The van der Waals surface area contributed by atoms with Crippen LogP contribution in [0.5, 0.6) is 0 Å².